The fourth-order valence-electron chi connectivity index (χ4n) is 2.33. The van der Waals surface area contributed by atoms with E-state index in [1.807, 2.05) is 20.9 Å². The zero-order valence-corrected chi connectivity index (χ0v) is 15.5. The van der Waals surface area contributed by atoms with E-state index in [9.17, 15) is 9.59 Å². The molecule has 1 aliphatic rings. The van der Waals surface area contributed by atoms with E-state index in [0.717, 1.165) is 45.7 Å². The minimum Gasteiger partial charge on any atom is -0.354 e. The summed E-state index contributed by atoms with van der Waals surface area (Å²) in [5.74, 6) is 1.06. The van der Waals surface area contributed by atoms with Gasteiger partial charge in [-0.2, -0.15) is 11.8 Å². The molecule has 6 nitrogen and oxygen atoms in total. The number of hydrogen-bond donors (Lipinski definition) is 2. The summed E-state index contributed by atoms with van der Waals surface area (Å²) in [5, 5.41) is 6.14. The smallest absolute Gasteiger partial charge is 0.232 e. The van der Waals surface area contributed by atoms with Gasteiger partial charge in [0.25, 0.3) is 0 Å². The van der Waals surface area contributed by atoms with Gasteiger partial charge in [0, 0.05) is 51.6 Å². The molecule has 7 heteroatoms. The Labute approximate surface area is 144 Å². The summed E-state index contributed by atoms with van der Waals surface area (Å²) >= 11 is 1.48. The van der Waals surface area contributed by atoms with Gasteiger partial charge in [0.15, 0.2) is 0 Å². The van der Waals surface area contributed by atoms with Crippen LogP contribution < -0.4 is 10.6 Å². The Bertz CT molecular complexity index is 360. The second kappa shape index (κ2) is 11.7. The third-order valence-corrected chi connectivity index (χ3v) is 4.50. The lowest BCUT2D eigenvalue weighted by Gasteiger charge is -2.28. The van der Waals surface area contributed by atoms with Gasteiger partial charge in [-0.25, -0.2) is 0 Å². The molecule has 0 aliphatic carbocycles. The molecule has 1 aliphatic heterocycles. The van der Waals surface area contributed by atoms with Crippen molar-refractivity contribution in [1.82, 2.24) is 20.4 Å². The summed E-state index contributed by atoms with van der Waals surface area (Å²) in [6, 6.07) is 0.146. The van der Waals surface area contributed by atoms with E-state index in [1.165, 1.54) is 11.8 Å². The predicted molar refractivity (Wildman–Crippen MR) is 96.5 cm³/mol. The molecule has 133 valence electrons. The average Bonchev–Trinajstić information content (AvgIpc) is 2.51. The van der Waals surface area contributed by atoms with Crippen LogP contribution in [-0.4, -0.2) is 85.5 Å². The number of nitrogens with one attached hydrogen (secondary N) is 2. The number of rotatable bonds is 10. The Morgan fingerprint density at radius 2 is 2.04 bits per heavy atom. The number of carbonyl (C=O) groups is 2. The highest BCUT2D eigenvalue weighted by molar-refractivity contribution is 8.00. The lowest BCUT2D eigenvalue weighted by Crippen LogP contribution is -2.44. The highest BCUT2D eigenvalue weighted by atomic mass is 32.2. The molecular formula is C16H31N4O2S. The average molecular weight is 344 g/mol. The van der Waals surface area contributed by atoms with Gasteiger partial charge in [0.2, 0.25) is 11.8 Å². The Morgan fingerprint density at radius 3 is 2.70 bits per heavy atom. The lowest BCUT2D eigenvalue weighted by molar-refractivity contribution is -0.127. The number of carbonyl (C=O) groups excluding carboxylic acids is 2. The number of thioether (sulfide) groups is 1. The highest BCUT2D eigenvalue weighted by Gasteiger charge is 2.12. The van der Waals surface area contributed by atoms with Crippen molar-refractivity contribution < 1.29 is 9.59 Å². The lowest BCUT2D eigenvalue weighted by atomic mass is 10.3. The van der Waals surface area contributed by atoms with Gasteiger partial charge in [0.1, 0.15) is 0 Å². The quantitative estimate of drug-likeness (QED) is 0.555. The zero-order chi connectivity index (χ0) is 17.1. The Balaban J connectivity index is 2.03. The molecule has 0 atom stereocenters. The third kappa shape index (κ3) is 9.84. The molecule has 0 unspecified atom stereocenters. The first-order valence-electron chi connectivity index (χ1n) is 8.37. The SMILES string of the molecule is CC(C)NC(=O)[CH]CSCC(=O)N(C)CCCN1CCNCC1. The van der Waals surface area contributed by atoms with Gasteiger partial charge in [-0.15, -0.1) is 0 Å². The summed E-state index contributed by atoms with van der Waals surface area (Å²) < 4.78 is 0. The van der Waals surface area contributed by atoms with E-state index in [-0.39, 0.29) is 17.9 Å². The standard InChI is InChI=1S/C16H31N4O2S/c1-14(2)18-15(21)5-12-23-13-16(22)19(3)8-4-9-20-10-6-17-7-11-20/h5,14,17H,4,6-13H2,1-3H3,(H,18,21). The van der Waals surface area contributed by atoms with Gasteiger partial charge < -0.3 is 20.4 Å². The summed E-state index contributed by atoms with van der Waals surface area (Å²) in [5.41, 5.74) is 0. The molecule has 0 aromatic heterocycles. The first kappa shape index (κ1) is 20.3. The molecule has 2 N–H and O–H groups in total. The van der Waals surface area contributed by atoms with Crippen molar-refractivity contribution in [2.75, 3.05) is 57.8 Å². The molecule has 0 saturated carbocycles. The van der Waals surface area contributed by atoms with Crippen LogP contribution in [0.25, 0.3) is 0 Å². The molecule has 0 aromatic rings. The van der Waals surface area contributed by atoms with Crippen LogP contribution in [0, 0.1) is 6.42 Å². The summed E-state index contributed by atoms with van der Waals surface area (Å²) in [6.07, 6.45) is 2.61. The van der Waals surface area contributed by atoms with E-state index in [4.69, 9.17) is 0 Å². The van der Waals surface area contributed by atoms with Crippen molar-refractivity contribution in [2.45, 2.75) is 26.3 Å². The van der Waals surface area contributed by atoms with Crippen LogP contribution in [0.15, 0.2) is 0 Å². The van der Waals surface area contributed by atoms with Gasteiger partial charge in [0.05, 0.1) is 12.2 Å². The molecular weight excluding hydrogens is 312 g/mol. The van der Waals surface area contributed by atoms with Crippen molar-refractivity contribution in [1.29, 1.82) is 0 Å². The molecule has 23 heavy (non-hydrogen) atoms. The van der Waals surface area contributed by atoms with Crippen LogP contribution in [0.1, 0.15) is 20.3 Å². The molecule has 0 aromatic carbocycles. The number of nitrogens with zero attached hydrogens (tertiary/aromatic N) is 2. The topological polar surface area (TPSA) is 64.7 Å². The highest BCUT2D eigenvalue weighted by Crippen LogP contribution is 2.04. The number of piperazine rings is 1. The first-order chi connectivity index (χ1) is 11.0. The molecule has 0 bridgehead atoms. The van der Waals surface area contributed by atoms with Crippen molar-refractivity contribution in [2.24, 2.45) is 0 Å². The zero-order valence-electron chi connectivity index (χ0n) is 14.6. The molecule has 1 saturated heterocycles. The normalized spacial score (nSPS) is 15.7. The van der Waals surface area contributed by atoms with Crippen LogP contribution in [0.4, 0.5) is 0 Å². The molecule has 1 rings (SSSR count). The largest absolute Gasteiger partial charge is 0.354 e. The van der Waals surface area contributed by atoms with Crippen molar-refractivity contribution in [3.63, 3.8) is 0 Å². The monoisotopic (exact) mass is 343 g/mol. The summed E-state index contributed by atoms with van der Waals surface area (Å²) in [7, 11) is 1.86. The Morgan fingerprint density at radius 1 is 1.35 bits per heavy atom. The summed E-state index contributed by atoms with van der Waals surface area (Å²) in [4.78, 5) is 27.7. The van der Waals surface area contributed by atoms with Crippen molar-refractivity contribution >= 4 is 23.6 Å². The predicted octanol–water partition coefficient (Wildman–Crippen LogP) is 0.202. The summed E-state index contributed by atoms with van der Waals surface area (Å²) in [6.45, 7) is 10.0. The van der Waals surface area contributed by atoms with Gasteiger partial charge in [-0.1, -0.05) is 0 Å². The first-order valence-corrected chi connectivity index (χ1v) is 9.53. The maximum atomic E-state index is 12.0. The minimum atomic E-state index is -0.0654. The minimum absolute atomic E-state index is 0.0654. The van der Waals surface area contributed by atoms with Crippen molar-refractivity contribution in [3.05, 3.63) is 6.42 Å². The fraction of sp³-hybridized carbons (Fsp3) is 0.812. The third-order valence-electron chi connectivity index (χ3n) is 3.65. The molecule has 1 heterocycles. The van der Waals surface area contributed by atoms with E-state index < -0.39 is 0 Å². The van der Waals surface area contributed by atoms with Crippen LogP contribution in [-0.2, 0) is 9.59 Å². The maximum Gasteiger partial charge on any atom is 0.232 e. The molecule has 0 spiro atoms. The van der Waals surface area contributed by atoms with Crippen LogP contribution >= 0.6 is 11.8 Å². The van der Waals surface area contributed by atoms with E-state index in [0.29, 0.717) is 11.5 Å². The van der Waals surface area contributed by atoms with Crippen LogP contribution in [0.5, 0.6) is 0 Å². The number of amides is 2. The second-order valence-electron chi connectivity index (χ2n) is 6.14. The maximum absolute atomic E-state index is 12.0. The van der Waals surface area contributed by atoms with Crippen molar-refractivity contribution in [3.8, 4) is 0 Å². The molecule has 1 fully saturated rings. The van der Waals surface area contributed by atoms with Gasteiger partial charge in [-0.3, -0.25) is 9.59 Å². The molecule has 2 amide bonds. The van der Waals surface area contributed by atoms with E-state index in [2.05, 4.69) is 15.5 Å². The Hall–Kier alpha value is -0.790. The van der Waals surface area contributed by atoms with E-state index in [1.54, 1.807) is 11.3 Å². The van der Waals surface area contributed by atoms with Crippen LogP contribution in [0.3, 0.4) is 0 Å². The van der Waals surface area contributed by atoms with Gasteiger partial charge in [-0.05, 0) is 26.8 Å². The number of hydrogen-bond acceptors (Lipinski definition) is 5. The van der Waals surface area contributed by atoms with Crippen LogP contribution in [0.2, 0.25) is 0 Å². The fourth-order valence-corrected chi connectivity index (χ4v) is 3.11. The van der Waals surface area contributed by atoms with E-state index >= 15 is 0 Å². The van der Waals surface area contributed by atoms with Gasteiger partial charge >= 0.3 is 0 Å². The Kier molecular flexibility index (Phi) is 10.3. The second-order valence-corrected chi connectivity index (χ2v) is 7.17. The molecule has 1 radical (unpaired) electrons.